The smallest absolute Gasteiger partial charge is 0.238 e. The van der Waals surface area contributed by atoms with Crippen LogP contribution in [0.1, 0.15) is 50.2 Å². The highest BCUT2D eigenvalue weighted by atomic mass is 32.2. The Morgan fingerprint density at radius 3 is 2.89 bits per heavy atom. The third-order valence-electron chi connectivity index (χ3n) is 3.90. The summed E-state index contributed by atoms with van der Waals surface area (Å²) in [6, 6.07) is 0. The highest BCUT2D eigenvalue weighted by molar-refractivity contribution is 8.00. The average molecular weight is 282 g/mol. The zero-order chi connectivity index (χ0) is 13.3. The second-order valence-corrected chi connectivity index (χ2v) is 6.15. The van der Waals surface area contributed by atoms with E-state index in [0.717, 1.165) is 31.4 Å². The van der Waals surface area contributed by atoms with Crippen molar-refractivity contribution in [1.82, 2.24) is 10.1 Å². The molecule has 0 spiro atoms. The van der Waals surface area contributed by atoms with E-state index in [1.54, 1.807) is 11.8 Å². The maximum Gasteiger partial charge on any atom is 0.238 e. The molecule has 0 aromatic carbocycles. The quantitative estimate of drug-likeness (QED) is 0.844. The lowest BCUT2D eigenvalue weighted by Gasteiger charge is -2.24. The number of aromatic nitrogens is 2. The van der Waals surface area contributed by atoms with Crippen molar-refractivity contribution in [2.24, 2.45) is 0 Å². The van der Waals surface area contributed by atoms with E-state index in [1.165, 1.54) is 0 Å². The summed E-state index contributed by atoms with van der Waals surface area (Å²) in [5, 5.41) is 4.10. The fourth-order valence-electron chi connectivity index (χ4n) is 2.90. The Kier molecular flexibility index (Phi) is 3.62. The Labute approximate surface area is 116 Å². The van der Waals surface area contributed by atoms with Gasteiger partial charge in [-0.15, -0.1) is 0 Å². The van der Waals surface area contributed by atoms with Gasteiger partial charge in [0.15, 0.2) is 5.78 Å². The van der Waals surface area contributed by atoms with E-state index in [-0.39, 0.29) is 17.3 Å². The third-order valence-corrected chi connectivity index (χ3v) is 4.95. The van der Waals surface area contributed by atoms with Gasteiger partial charge in [-0.2, -0.15) is 16.7 Å². The van der Waals surface area contributed by atoms with Crippen LogP contribution in [0.3, 0.4) is 0 Å². The van der Waals surface area contributed by atoms with Crippen LogP contribution < -0.4 is 0 Å². The molecule has 2 aliphatic rings. The first-order chi connectivity index (χ1) is 9.25. The number of hydrogen-bond donors (Lipinski definition) is 0. The van der Waals surface area contributed by atoms with Crippen molar-refractivity contribution in [2.75, 3.05) is 18.1 Å². The summed E-state index contributed by atoms with van der Waals surface area (Å²) in [6.07, 6.45) is 4.13. The zero-order valence-electron chi connectivity index (χ0n) is 11.1. The highest BCUT2D eigenvalue weighted by Gasteiger charge is 2.42. The lowest BCUT2D eigenvalue weighted by Crippen LogP contribution is -2.27. The lowest BCUT2D eigenvalue weighted by molar-refractivity contribution is -0.117. The molecule has 6 heteroatoms. The van der Waals surface area contributed by atoms with Gasteiger partial charge in [0.05, 0.1) is 5.75 Å². The minimum atomic E-state index is -0.384. The van der Waals surface area contributed by atoms with Gasteiger partial charge in [-0.1, -0.05) is 5.16 Å². The summed E-state index contributed by atoms with van der Waals surface area (Å²) in [7, 11) is 0. The topological polar surface area (TPSA) is 65.2 Å². The number of Topliss-reactive ketones (excluding diaryl/α,β-unsaturated/α-hetero) is 1. The molecule has 1 saturated heterocycles. The molecule has 1 aliphatic heterocycles. The molecular weight excluding hydrogens is 264 g/mol. The van der Waals surface area contributed by atoms with Crippen LogP contribution in [-0.4, -0.2) is 34.0 Å². The molecule has 1 aromatic rings. The van der Waals surface area contributed by atoms with Gasteiger partial charge >= 0.3 is 0 Å². The second-order valence-electron chi connectivity index (χ2n) is 5.12. The number of carbonyl (C=O) groups excluding carboxylic acids is 1. The van der Waals surface area contributed by atoms with E-state index in [4.69, 9.17) is 9.26 Å². The molecule has 2 fully saturated rings. The van der Waals surface area contributed by atoms with Gasteiger partial charge in [-0.3, -0.25) is 4.79 Å². The average Bonchev–Trinajstić information content (AvgIpc) is 3.08. The normalized spacial score (nSPS) is 26.2. The summed E-state index contributed by atoms with van der Waals surface area (Å²) >= 11 is 1.63. The molecule has 19 heavy (non-hydrogen) atoms. The number of nitrogens with zero attached hydrogens (tertiary/aromatic N) is 2. The molecule has 5 nitrogen and oxygen atoms in total. The molecule has 1 saturated carbocycles. The summed E-state index contributed by atoms with van der Waals surface area (Å²) in [5.41, 5.74) is -0.384. The predicted octanol–water partition coefficient (Wildman–Crippen LogP) is 2.27. The van der Waals surface area contributed by atoms with Crippen LogP contribution in [0.5, 0.6) is 0 Å². The van der Waals surface area contributed by atoms with Crippen LogP contribution in [0.25, 0.3) is 0 Å². The largest absolute Gasteiger partial charge is 0.367 e. The summed E-state index contributed by atoms with van der Waals surface area (Å²) in [5.74, 6) is 2.38. The fourth-order valence-corrected chi connectivity index (χ4v) is 3.98. The van der Waals surface area contributed by atoms with Gasteiger partial charge in [-0.25, -0.2) is 0 Å². The number of ether oxygens (including phenoxy) is 1. The molecule has 0 amide bonds. The van der Waals surface area contributed by atoms with Gasteiger partial charge in [-0.05, 0) is 32.6 Å². The van der Waals surface area contributed by atoms with Gasteiger partial charge in [0, 0.05) is 12.4 Å². The van der Waals surface area contributed by atoms with Gasteiger partial charge < -0.3 is 9.26 Å². The maximum absolute atomic E-state index is 11.7. The van der Waals surface area contributed by atoms with E-state index in [1.807, 2.05) is 6.92 Å². The van der Waals surface area contributed by atoms with Gasteiger partial charge in [0.2, 0.25) is 11.7 Å². The van der Waals surface area contributed by atoms with Crippen LogP contribution in [0, 0.1) is 0 Å². The first-order valence-electron chi connectivity index (χ1n) is 6.84. The molecule has 0 bridgehead atoms. The Bertz CT molecular complexity index is 468. The molecule has 2 heterocycles. The fraction of sp³-hybridized carbons (Fsp3) is 0.769. The third kappa shape index (κ3) is 2.31. The summed E-state index contributed by atoms with van der Waals surface area (Å²) in [6.45, 7) is 2.63. The number of thioether (sulfide) groups is 1. The molecule has 3 rings (SSSR count). The van der Waals surface area contributed by atoms with E-state index in [9.17, 15) is 4.79 Å². The standard InChI is InChI=1S/C13H18N2O3S/c1-2-17-13(5-3-4-6-13)12-14-11(18-15-12)9-7-19-8-10(9)16/h9H,2-8H2,1H3. The lowest BCUT2D eigenvalue weighted by atomic mass is 10.0. The molecule has 1 aliphatic carbocycles. The highest BCUT2D eigenvalue weighted by Crippen LogP contribution is 2.41. The van der Waals surface area contributed by atoms with Crippen molar-refractivity contribution >= 4 is 17.5 Å². The zero-order valence-corrected chi connectivity index (χ0v) is 11.9. The van der Waals surface area contributed by atoms with Crippen molar-refractivity contribution in [3.8, 4) is 0 Å². The van der Waals surface area contributed by atoms with Crippen molar-refractivity contribution in [2.45, 2.75) is 44.1 Å². The minimum Gasteiger partial charge on any atom is -0.367 e. The molecule has 104 valence electrons. The number of ketones is 1. The van der Waals surface area contributed by atoms with Crippen LogP contribution in [0.2, 0.25) is 0 Å². The molecule has 0 N–H and O–H groups in total. The Hall–Kier alpha value is -0.880. The van der Waals surface area contributed by atoms with E-state index < -0.39 is 0 Å². The van der Waals surface area contributed by atoms with Crippen LogP contribution in [0.4, 0.5) is 0 Å². The van der Waals surface area contributed by atoms with Crippen LogP contribution >= 0.6 is 11.8 Å². The molecular formula is C13H18N2O3S. The van der Waals surface area contributed by atoms with E-state index in [0.29, 0.717) is 24.1 Å². The molecule has 1 atom stereocenters. The number of rotatable bonds is 4. The predicted molar refractivity (Wildman–Crippen MR) is 71.1 cm³/mol. The van der Waals surface area contributed by atoms with Gasteiger partial charge in [0.25, 0.3) is 0 Å². The van der Waals surface area contributed by atoms with Crippen molar-refractivity contribution in [3.05, 3.63) is 11.7 Å². The van der Waals surface area contributed by atoms with Crippen LogP contribution in [-0.2, 0) is 15.1 Å². The monoisotopic (exact) mass is 282 g/mol. The summed E-state index contributed by atoms with van der Waals surface area (Å²) in [4.78, 5) is 16.2. The van der Waals surface area contributed by atoms with E-state index >= 15 is 0 Å². The van der Waals surface area contributed by atoms with Crippen molar-refractivity contribution < 1.29 is 14.1 Å². The first kappa shape index (κ1) is 13.1. The summed E-state index contributed by atoms with van der Waals surface area (Å²) < 4.78 is 11.2. The first-order valence-corrected chi connectivity index (χ1v) is 7.99. The van der Waals surface area contributed by atoms with Crippen molar-refractivity contribution in [1.29, 1.82) is 0 Å². The second kappa shape index (κ2) is 5.25. The number of hydrogen-bond acceptors (Lipinski definition) is 6. The Morgan fingerprint density at radius 2 is 2.26 bits per heavy atom. The van der Waals surface area contributed by atoms with Crippen molar-refractivity contribution in [3.63, 3.8) is 0 Å². The molecule has 1 unspecified atom stereocenters. The Balaban J connectivity index is 1.85. The van der Waals surface area contributed by atoms with Gasteiger partial charge in [0.1, 0.15) is 11.5 Å². The number of carbonyl (C=O) groups is 1. The Morgan fingerprint density at radius 1 is 1.47 bits per heavy atom. The van der Waals surface area contributed by atoms with Crippen LogP contribution in [0.15, 0.2) is 4.52 Å². The maximum atomic E-state index is 11.7. The van der Waals surface area contributed by atoms with E-state index in [2.05, 4.69) is 10.1 Å². The minimum absolute atomic E-state index is 0.192. The SMILES string of the molecule is CCOC1(c2noc(C3CSCC3=O)n2)CCCC1. The molecule has 1 aromatic heterocycles. The molecule has 0 radical (unpaired) electrons.